The van der Waals surface area contributed by atoms with Crippen LogP contribution in [0.4, 0.5) is 8.78 Å². The van der Waals surface area contributed by atoms with Crippen molar-refractivity contribution in [2.45, 2.75) is 19.5 Å². The Hall–Kier alpha value is -0.180. The Morgan fingerprint density at radius 1 is 1.56 bits per heavy atom. The maximum Gasteiger partial charge on any atom is 0.121 e. The van der Waals surface area contributed by atoms with Crippen molar-refractivity contribution in [2.24, 2.45) is 0 Å². The van der Waals surface area contributed by atoms with Gasteiger partial charge in [-0.05, 0) is 13.3 Å². The standard InChI is InChI=1S/C6H12F2O/c1-6(8)5-9-4-2-3-7/h6H,2-5H2,1H3. The molecule has 0 saturated carbocycles. The van der Waals surface area contributed by atoms with E-state index in [-0.39, 0.29) is 13.3 Å². The zero-order valence-corrected chi connectivity index (χ0v) is 5.57. The van der Waals surface area contributed by atoms with Crippen molar-refractivity contribution in [2.75, 3.05) is 19.9 Å². The van der Waals surface area contributed by atoms with Crippen molar-refractivity contribution in [3.05, 3.63) is 0 Å². The number of alkyl halides is 2. The van der Waals surface area contributed by atoms with Gasteiger partial charge in [-0.25, -0.2) is 4.39 Å². The van der Waals surface area contributed by atoms with Gasteiger partial charge in [0, 0.05) is 6.61 Å². The Morgan fingerprint density at radius 3 is 2.67 bits per heavy atom. The number of hydrogen-bond acceptors (Lipinski definition) is 1. The second-order valence-electron chi connectivity index (χ2n) is 1.90. The molecule has 0 aromatic heterocycles. The summed E-state index contributed by atoms with van der Waals surface area (Å²) in [5.41, 5.74) is 0. The largest absolute Gasteiger partial charge is 0.378 e. The quantitative estimate of drug-likeness (QED) is 0.525. The molecule has 0 fully saturated rings. The van der Waals surface area contributed by atoms with Gasteiger partial charge in [0.25, 0.3) is 0 Å². The predicted molar refractivity (Wildman–Crippen MR) is 32.0 cm³/mol. The summed E-state index contributed by atoms with van der Waals surface area (Å²) in [6, 6.07) is 0. The predicted octanol–water partition coefficient (Wildman–Crippen LogP) is 1.72. The van der Waals surface area contributed by atoms with Gasteiger partial charge in [0.15, 0.2) is 0 Å². The van der Waals surface area contributed by atoms with Crippen LogP contribution in [0.1, 0.15) is 13.3 Å². The molecule has 0 aliphatic heterocycles. The minimum atomic E-state index is -0.940. The number of hydrogen-bond donors (Lipinski definition) is 0. The fourth-order valence-corrected chi connectivity index (χ4v) is 0.402. The average molecular weight is 138 g/mol. The lowest BCUT2D eigenvalue weighted by atomic mass is 10.4. The molecule has 1 unspecified atom stereocenters. The fraction of sp³-hybridized carbons (Fsp3) is 1.00. The zero-order valence-electron chi connectivity index (χ0n) is 5.57. The summed E-state index contributed by atoms with van der Waals surface area (Å²) < 4.78 is 28.0. The highest BCUT2D eigenvalue weighted by atomic mass is 19.1. The summed E-state index contributed by atoms with van der Waals surface area (Å²) >= 11 is 0. The van der Waals surface area contributed by atoms with Gasteiger partial charge in [-0.3, -0.25) is 4.39 Å². The Labute approximate surface area is 54.0 Å². The molecule has 0 radical (unpaired) electrons. The summed E-state index contributed by atoms with van der Waals surface area (Å²) in [5.74, 6) is 0. The summed E-state index contributed by atoms with van der Waals surface area (Å²) in [6.45, 7) is 1.43. The molecule has 0 aliphatic rings. The minimum absolute atomic E-state index is 0.0833. The third-order valence-corrected chi connectivity index (χ3v) is 0.770. The molecule has 0 saturated heterocycles. The molecule has 0 amide bonds. The maximum absolute atomic E-state index is 11.9. The van der Waals surface area contributed by atoms with E-state index < -0.39 is 6.17 Å². The average Bonchev–Trinajstić information content (AvgIpc) is 1.80. The molecule has 1 nitrogen and oxygen atoms in total. The summed E-state index contributed by atoms with van der Waals surface area (Å²) in [4.78, 5) is 0. The SMILES string of the molecule is CC(F)COCCCF. The minimum Gasteiger partial charge on any atom is -0.378 e. The molecule has 1 atom stereocenters. The molecule has 0 heterocycles. The molecule has 9 heavy (non-hydrogen) atoms. The normalized spacial score (nSPS) is 13.7. The van der Waals surface area contributed by atoms with E-state index in [9.17, 15) is 8.78 Å². The number of rotatable bonds is 5. The van der Waals surface area contributed by atoms with Crippen molar-refractivity contribution in [3.63, 3.8) is 0 Å². The van der Waals surface area contributed by atoms with E-state index in [2.05, 4.69) is 0 Å². The van der Waals surface area contributed by atoms with Crippen LogP contribution in [-0.4, -0.2) is 26.1 Å². The van der Waals surface area contributed by atoms with Crippen LogP contribution in [-0.2, 0) is 4.74 Å². The Balaban J connectivity index is 2.75. The van der Waals surface area contributed by atoms with Crippen molar-refractivity contribution >= 4 is 0 Å². The van der Waals surface area contributed by atoms with Crippen molar-refractivity contribution in [3.8, 4) is 0 Å². The van der Waals surface area contributed by atoms with E-state index >= 15 is 0 Å². The third kappa shape index (κ3) is 7.82. The smallest absolute Gasteiger partial charge is 0.121 e. The van der Waals surface area contributed by atoms with Gasteiger partial charge in [-0.15, -0.1) is 0 Å². The van der Waals surface area contributed by atoms with E-state index in [0.29, 0.717) is 13.0 Å². The van der Waals surface area contributed by atoms with Crippen molar-refractivity contribution in [1.29, 1.82) is 0 Å². The molecular weight excluding hydrogens is 126 g/mol. The molecule has 3 heteroatoms. The van der Waals surface area contributed by atoms with E-state index in [0.717, 1.165) is 0 Å². The van der Waals surface area contributed by atoms with Gasteiger partial charge in [-0.1, -0.05) is 0 Å². The molecule has 0 spiro atoms. The van der Waals surface area contributed by atoms with Crippen molar-refractivity contribution in [1.82, 2.24) is 0 Å². The zero-order chi connectivity index (χ0) is 7.11. The van der Waals surface area contributed by atoms with Crippen LogP contribution in [0.15, 0.2) is 0 Å². The lowest BCUT2D eigenvalue weighted by Crippen LogP contribution is -2.06. The van der Waals surface area contributed by atoms with Gasteiger partial charge in [0.1, 0.15) is 6.17 Å². The lowest BCUT2D eigenvalue weighted by Gasteiger charge is -2.01. The first-order valence-corrected chi connectivity index (χ1v) is 3.05. The Morgan fingerprint density at radius 2 is 2.22 bits per heavy atom. The maximum atomic E-state index is 11.9. The second-order valence-corrected chi connectivity index (χ2v) is 1.90. The third-order valence-electron chi connectivity index (χ3n) is 0.770. The van der Waals surface area contributed by atoms with Crippen LogP contribution < -0.4 is 0 Å². The lowest BCUT2D eigenvalue weighted by molar-refractivity contribution is 0.0827. The van der Waals surface area contributed by atoms with Gasteiger partial charge < -0.3 is 4.74 Å². The van der Waals surface area contributed by atoms with Gasteiger partial charge in [0.05, 0.1) is 13.3 Å². The molecule has 0 bridgehead atoms. The monoisotopic (exact) mass is 138 g/mol. The van der Waals surface area contributed by atoms with Crippen LogP contribution in [0.25, 0.3) is 0 Å². The van der Waals surface area contributed by atoms with Crippen LogP contribution in [0.3, 0.4) is 0 Å². The van der Waals surface area contributed by atoms with E-state index in [1.54, 1.807) is 0 Å². The number of ether oxygens (including phenoxy) is 1. The first kappa shape index (κ1) is 8.82. The fourth-order valence-electron chi connectivity index (χ4n) is 0.402. The van der Waals surface area contributed by atoms with Crippen molar-refractivity contribution < 1.29 is 13.5 Å². The Kier molecular flexibility index (Phi) is 5.83. The highest BCUT2D eigenvalue weighted by Gasteiger charge is 1.95. The van der Waals surface area contributed by atoms with E-state index in [1.165, 1.54) is 6.92 Å². The molecule has 0 aromatic carbocycles. The van der Waals surface area contributed by atoms with Crippen LogP contribution >= 0.6 is 0 Å². The van der Waals surface area contributed by atoms with Crippen LogP contribution in [0, 0.1) is 0 Å². The van der Waals surface area contributed by atoms with E-state index in [4.69, 9.17) is 4.74 Å². The van der Waals surface area contributed by atoms with Crippen LogP contribution in [0.5, 0.6) is 0 Å². The van der Waals surface area contributed by atoms with Gasteiger partial charge in [0.2, 0.25) is 0 Å². The highest BCUT2D eigenvalue weighted by molar-refractivity contribution is 4.41. The molecule has 0 aliphatic carbocycles. The Bertz CT molecular complexity index is 57.0. The molecule has 0 rings (SSSR count). The first-order valence-electron chi connectivity index (χ1n) is 3.05. The van der Waals surface area contributed by atoms with Crippen LogP contribution in [0.2, 0.25) is 0 Å². The molecule has 0 aromatic rings. The topological polar surface area (TPSA) is 9.23 Å². The summed E-state index contributed by atoms with van der Waals surface area (Å²) in [5, 5.41) is 0. The molecule has 56 valence electrons. The molecular formula is C6H12F2O. The highest BCUT2D eigenvalue weighted by Crippen LogP contribution is 1.90. The summed E-state index contributed by atoms with van der Waals surface area (Å²) in [7, 11) is 0. The first-order chi connectivity index (χ1) is 4.27. The van der Waals surface area contributed by atoms with Gasteiger partial charge >= 0.3 is 0 Å². The number of halogens is 2. The van der Waals surface area contributed by atoms with E-state index in [1.807, 2.05) is 0 Å². The summed E-state index contributed by atoms with van der Waals surface area (Å²) in [6.07, 6.45) is -0.572. The van der Waals surface area contributed by atoms with Gasteiger partial charge in [-0.2, -0.15) is 0 Å². The second kappa shape index (κ2) is 5.95. The molecule has 0 N–H and O–H groups in total.